The van der Waals surface area contributed by atoms with Gasteiger partial charge in [-0.15, -0.1) is 10.2 Å². The molecule has 9 heteroatoms. The van der Waals surface area contributed by atoms with E-state index in [4.69, 9.17) is 0 Å². The molecule has 3 aromatic rings. The fourth-order valence-corrected chi connectivity index (χ4v) is 4.27. The second-order valence-electron chi connectivity index (χ2n) is 6.36. The number of piperidine rings is 1. The van der Waals surface area contributed by atoms with E-state index in [-0.39, 0.29) is 17.5 Å². The number of benzene rings is 1. The number of aromatic nitrogens is 3. The van der Waals surface area contributed by atoms with Crippen molar-refractivity contribution in [3.63, 3.8) is 0 Å². The summed E-state index contributed by atoms with van der Waals surface area (Å²) in [5.41, 5.74) is 0.200. The number of carbonyl (C=O) groups excluding carboxylic acids is 1. The maximum absolute atomic E-state index is 14.0. The molecule has 1 amide bonds. The molecule has 1 aliphatic rings. The van der Waals surface area contributed by atoms with E-state index in [1.807, 2.05) is 29.1 Å². The zero-order chi connectivity index (χ0) is 18.8. The van der Waals surface area contributed by atoms with Crippen LogP contribution in [0, 0.1) is 11.7 Å². The number of halogens is 2. The zero-order valence-corrected chi connectivity index (χ0v) is 16.7. The molecule has 0 saturated carbocycles. The van der Waals surface area contributed by atoms with Gasteiger partial charge in [-0.3, -0.25) is 9.36 Å². The van der Waals surface area contributed by atoms with Gasteiger partial charge in [-0.05, 0) is 43.2 Å². The Hall–Kier alpha value is -2.26. The van der Waals surface area contributed by atoms with Gasteiger partial charge in [-0.1, -0.05) is 27.3 Å². The molecule has 0 spiro atoms. The summed E-state index contributed by atoms with van der Waals surface area (Å²) in [5.74, 6) is -0.845. The molecular weight excluding hydrogens is 433 g/mol. The molecule has 1 fully saturated rings. The molecule has 0 aliphatic carbocycles. The number of nitrogens with zero attached hydrogens (tertiary/aromatic N) is 4. The number of anilines is 2. The van der Waals surface area contributed by atoms with Crippen LogP contribution in [0.15, 0.2) is 47.2 Å². The number of carbonyl (C=O) groups is 1. The third kappa shape index (κ3) is 4.03. The van der Waals surface area contributed by atoms with E-state index >= 15 is 0 Å². The van der Waals surface area contributed by atoms with Crippen LogP contribution >= 0.6 is 27.3 Å². The van der Waals surface area contributed by atoms with Gasteiger partial charge in [-0.25, -0.2) is 4.39 Å². The van der Waals surface area contributed by atoms with Crippen LogP contribution in [0.5, 0.6) is 0 Å². The van der Waals surface area contributed by atoms with Crippen LogP contribution in [0.1, 0.15) is 12.8 Å². The Kier molecular flexibility index (Phi) is 5.22. The Balaban J connectivity index is 1.44. The first-order chi connectivity index (χ1) is 13.1. The SMILES string of the molecule is O=C(Nc1ccc(Br)cc1F)C1CCCN(c2nnc(-n3cccc3)s2)C1. The zero-order valence-electron chi connectivity index (χ0n) is 14.3. The first kappa shape index (κ1) is 18.1. The molecule has 1 atom stereocenters. The van der Waals surface area contributed by atoms with E-state index in [1.54, 1.807) is 12.1 Å². The highest BCUT2D eigenvalue weighted by atomic mass is 79.9. The number of hydrogen-bond acceptors (Lipinski definition) is 5. The second kappa shape index (κ2) is 7.77. The predicted octanol–water partition coefficient (Wildman–Crippen LogP) is 4.09. The summed E-state index contributed by atoms with van der Waals surface area (Å²) < 4.78 is 16.5. The van der Waals surface area contributed by atoms with Crippen LogP contribution in [-0.2, 0) is 4.79 Å². The summed E-state index contributed by atoms with van der Waals surface area (Å²) in [6.07, 6.45) is 5.48. The quantitative estimate of drug-likeness (QED) is 0.651. The summed E-state index contributed by atoms with van der Waals surface area (Å²) in [6, 6.07) is 8.47. The molecule has 0 radical (unpaired) electrons. The van der Waals surface area contributed by atoms with Gasteiger partial charge in [0.2, 0.25) is 16.2 Å². The Morgan fingerprint density at radius 2 is 2.04 bits per heavy atom. The fourth-order valence-electron chi connectivity index (χ4n) is 3.09. The molecule has 1 aliphatic heterocycles. The third-order valence-electron chi connectivity index (χ3n) is 4.48. The molecule has 140 valence electrons. The minimum absolute atomic E-state index is 0.170. The third-order valence-corrected chi connectivity index (χ3v) is 5.97. The van der Waals surface area contributed by atoms with Crippen molar-refractivity contribution >= 4 is 44.0 Å². The summed E-state index contributed by atoms with van der Waals surface area (Å²) in [4.78, 5) is 14.7. The second-order valence-corrected chi connectivity index (χ2v) is 8.21. The smallest absolute Gasteiger partial charge is 0.229 e. The van der Waals surface area contributed by atoms with Crippen LogP contribution in [0.2, 0.25) is 0 Å². The lowest BCUT2D eigenvalue weighted by atomic mass is 9.97. The lowest BCUT2D eigenvalue weighted by molar-refractivity contribution is -0.120. The molecular formula is C18H17BrFN5OS. The Labute approximate surface area is 168 Å². The van der Waals surface area contributed by atoms with Crippen molar-refractivity contribution in [3.8, 4) is 5.13 Å². The minimum atomic E-state index is -0.453. The number of nitrogens with one attached hydrogen (secondary N) is 1. The summed E-state index contributed by atoms with van der Waals surface area (Å²) in [7, 11) is 0. The van der Waals surface area contributed by atoms with E-state index in [9.17, 15) is 9.18 Å². The van der Waals surface area contributed by atoms with Crippen molar-refractivity contribution in [2.75, 3.05) is 23.3 Å². The first-order valence-corrected chi connectivity index (χ1v) is 10.2. The van der Waals surface area contributed by atoms with Crippen molar-refractivity contribution in [2.24, 2.45) is 5.92 Å². The predicted molar refractivity (Wildman–Crippen MR) is 107 cm³/mol. The Morgan fingerprint density at radius 1 is 1.26 bits per heavy atom. The largest absolute Gasteiger partial charge is 0.346 e. The lowest BCUT2D eigenvalue weighted by Crippen LogP contribution is -2.40. The maximum atomic E-state index is 14.0. The molecule has 1 unspecified atom stereocenters. The van der Waals surface area contributed by atoms with E-state index in [2.05, 4.69) is 36.3 Å². The minimum Gasteiger partial charge on any atom is -0.346 e. The molecule has 1 aromatic carbocycles. The first-order valence-electron chi connectivity index (χ1n) is 8.58. The standard InChI is InChI=1S/C18H17BrFN5OS/c19-13-5-6-15(14(20)10-13)21-16(26)12-4-3-9-25(11-12)18-23-22-17(27-18)24-7-1-2-8-24/h1-2,5-8,10,12H,3-4,9,11H2,(H,21,26). The van der Waals surface area contributed by atoms with Gasteiger partial charge in [0.1, 0.15) is 5.82 Å². The van der Waals surface area contributed by atoms with Crippen molar-refractivity contribution in [3.05, 3.63) is 53.0 Å². The van der Waals surface area contributed by atoms with Gasteiger partial charge >= 0.3 is 0 Å². The van der Waals surface area contributed by atoms with Gasteiger partial charge < -0.3 is 10.2 Å². The van der Waals surface area contributed by atoms with E-state index in [0.29, 0.717) is 11.0 Å². The Morgan fingerprint density at radius 3 is 2.81 bits per heavy atom. The van der Waals surface area contributed by atoms with Crippen LogP contribution in [-0.4, -0.2) is 33.8 Å². The highest BCUT2D eigenvalue weighted by Gasteiger charge is 2.28. The molecule has 0 bridgehead atoms. The molecule has 1 saturated heterocycles. The average molecular weight is 450 g/mol. The van der Waals surface area contributed by atoms with Crippen molar-refractivity contribution in [1.82, 2.24) is 14.8 Å². The lowest BCUT2D eigenvalue weighted by Gasteiger charge is -2.31. The monoisotopic (exact) mass is 449 g/mol. The highest BCUT2D eigenvalue weighted by Crippen LogP contribution is 2.29. The molecule has 6 nitrogen and oxygen atoms in total. The van der Waals surface area contributed by atoms with Crippen molar-refractivity contribution in [1.29, 1.82) is 0 Å². The van der Waals surface area contributed by atoms with Gasteiger partial charge in [0, 0.05) is 30.0 Å². The summed E-state index contributed by atoms with van der Waals surface area (Å²) in [5, 5.41) is 12.8. The normalized spacial score (nSPS) is 17.1. The average Bonchev–Trinajstić information content (AvgIpc) is 3.35. The molecule has 3 heterocycles. The van der Waals surface area contributed by atoms with Crippen LogP contribution in [0.4, 0.5) is 15.2 Å². The number of hydrogen-bond donors (Lipinski definition) is 1. The Bertz CT molecular complexity index is 945. The molecule has 4 rings (SSSR count). The van der Waals surface area contributed by atoms with Crippen LogP contribution in [0.3, 0.4) is 0 Å². The van der Waals surface area contributed by atoms with Crippen molar-refractivity contribution < 1.29 is 9.18 Å². The van der Waals surface area contributed by atoms with Gasteiger partial charge in [-0.2, -0.15) is 0 Å². The van der Waals surface area contributed by atoms with Crippen LogP contribution in [0.25, 0.3) is 5.13 Å². The van der Waals surface area contributed by atoms with E-state index in [1.165, 1.54) is 17.4 Å². The molecule has 27 heavy (non-hydrogen) atoms. The van der Waals surface area contributed by atoms with Crippen molar-refractivity contribution in [2.45, 2.75) is 12.8 Å². The van der Waals surface area contributed by atoms with Gasteiger partial charge in [0.05, 0.1) is 11.6 Å². The van der Waals surface area contributed by atoms with E-state index < -0.39 is 5.82 Å². The van der Waals surface area contributed by atoms with Gasteiger partial charge in [0.25, 0.3) is 0 Å². The maximum Gasteiger partial charge on any atom is 0.229 e. The fraction of sp³-hybridized carbons (Fsp3) is 0.278. The topological polar surface area (TPSA) is 63.1 Å². The number of rotatable bonds is 4. The molecule has 2 aromatic heterocycles. The van der Waals surface area contributed by atoms with Crippen LogP contribution < -0.4 is 10.2 Å². The molecule has 1 N–H and O–H groups in total. The highest BCUT2D eigenvalue weighted by molar-refractivity contribution is 9.10. The van der Waals surface area contributed by atoms with E-state index in [0.717, 1.165) is 29.6 Å². The number of amides is 1. The summed E-state index contributed by atoms with van der Waals surface area (Å²) >= 11 is 4.70. The summed E-state index contributed by atoms with van der Waals surface area (Å²) in [6.45, 7) is 1.38. The van der Waals surface area contributed by atoms with Gasteiger partial charge in [0.15, 0.2) is 0 Å².